The number of piperidine rings is 1. The van der Waals surface area contributed by atoms with E-state index in [9.17, 15) is 9.59 Å². The number of carboxylic acid groups (broad SMARTS) is 1. The maximum absolute atomic E-state index is 11.1. The van der Waals surface area contributed by atoms with Gasteiger partial charge in [0, 0.05) is 38.3 Å². The van der Waals surface area contributed by atoms with Gasteiger partial charge in [-0.15, -0.1) is 0 Å². The lowest BCUT2D eigenvalue weighted by Gasteiger charge is -2.29. The Morgan fingerprint density at radius 2 is 2.43 bits per heavy atom. The third-order valence-electron chi connectivity index (χ3n) is 2.18. The Morgan fingerprint density at radius 3 is 3.00 bits per heavy atom. The van der Waals surface area contributed by atoms with E-state index < -0.39 is 5.97 Å². The van der Waals surface area contributed by atoms with Gasteiger partial charge in [-0.1, -0.05) is 0 Å². The first-order valence-corrected chi connectivity index (χ1v) is 4.49. The SMILES string of the molecule is CN1CC(N/C=C/C(=O)O)CCC1=O. The molecule has 1 rings (SSSR count). The lowest BCUT2D eigenvalue weighted by molar-refractivity contribution is -0.133. The third-order valence-corrected chi connectivity index (χ3v) is 2.18. The lowest BCUT2D eigenvalue weighted by Crippen LogP contribution is -2.45. The van der Waals surface area contributed by atoms with Crippen LogP contribution in [0.3, 0.4) is 0 Å². The van der Waals surface area contributed by atoms with E-state index in [0.29, 0.717) is 13.0 Å². The molecule has 0 aromatic heterocycles. The largest absolute Gasteiger partial charge is 0.478 e. The van der Waals surface area contributed by atoms with E-state index in [4.69, 9.17) is 5.11 Å². The zero-order valence-electron chi connectivity index (χ0n) is 8.06. The summed E-state index contributed by atoms with van der Waals surface area (Å²) in [5.74, 6) is -0.831. The summed E-state index contributed by atoms with van der Waals surface area (Å²) in [7, 11) is 1.75. The molecule has 5 heteroatoms. The maximum Gasteiger partial charge on any atom is 0.329 e. The highest BCUT2D eigenvalue weighted by atomic mass is 16.4. The first-order valence-electron chi connectivity index (χ1n) is 4.49. The number of likely N-dealkylation sites (tertiary alicyclic amines) is 1. The number of carboxylic acids is 1. The maximum atomic E-state index is 11.1. The van der Waals surface area contributed by atoms with Crippen molar-refractivity contribution < 1.29 is 14.7 Å². The van der Waals surface area contributed by atoms with Crippen LogP contribution in [0.2, 0.25) is 0 Å². The van der Waals surface area contributed by atoms with Crippen LogP contribution in [0.4, 0.5) is 0 Å². The summed E-state index contributed by atoms with van der Waals surface area (Å²) in [5.41, 5.74) is 0. The van der Waals surface area contributed by atoms with Crippen molar-refractivity contribution in [1.82, 2.24) is 10.2 Å². The minimum absolute atomic E-state index is 0.144. The number of aliphatic carboxylic acids is 1. The molecule has 1 amide bonds. The Hall–Kier alpha value is -1.52. The van der Waals surface area contributed by atoms with Gasteiger partial charge in [-0.25, -0.2) is 4.79 Å². The predicted octanol–water partition coefficient (Wildman–Crippen LogP) is -0.205. The van der Waals surface area contributed by atoms with Gasteiger partial charge in [0.15, 0.2) is 0 Å². The van der Waals surface area contributed by atoms with Crippen LogP contribution < -0.4 is 5.32 Å². The molecule has 14 heavy (non-hydrogen) atoms. The molecule has 0 aromatic rings. The summed E-state index contributed by atoms with van der Waals surface area (Å²) in [4.78, 5) is 22.9. The Morgan fingerprint density at radius 1 is 1.71 bits per heavy atom. The molecule has 0 saturated carbocycles. The van der Waals surface area contributed by atoms with Crippen LogP contribution in [0, 0.1) is 0 Å². The molecule has 78 valence electrons. The molecule has 1 fully saturated rings. The number of nitrogens with zero attached hydrogens (tertiary/aromatic N) is 1. The summed E-state index contributed by atoms with van der Waals surface area (Å²) in [6.07, 6.45) is 3.75. The van der Waals surface area contributed by atoms with Crippen LogP contribution >= 0.6 is 0 Å². The second-order valence-corrected chi connectivity index (χ2v) is 3.35. The van der Waals surface area contributed by atoms with Crippen LogP contribution in [0.15, 0.2) is 12.3 Å². The second kappa shape index (κ2) is 4.64. The number of hydrogen-bond acceptors (Lipinski definition) is 3. The first-order chi connectivity index (χ1) is 6.59. The molecule has 0 aliphatic carbocycles. The monoisotopic (exact) mass is 198 g/mol. The van der Waals surface area contributed by atoms with Crippen molar-refractivity contribution in [1.29, 1.82) is 0 Å². The number of carbonyl (C=O) groups excluding carboxylic acids is 1. The van der Waals surface area contributed by atoms with Crippen LogP contribution in [0.25, 0.3) is 0 Å². The van der Waals surface area contributed by atoms with Gasteiger partial charge in [0.2, 0.25) is 5.91 Å². The molecule has 1 aliphatic heterocycles. The van der Waals surface area contributed by atoms with E-state index in [0.717, 1.165) is 12.5 Å². The highest BCUT2D eigenvalue weighted by molar-refractivity contribution is 5.79. The fraction of sp³-hybridized carbons (Fsp3) is 0.556. The summed E-state index contributed by atoms with van der Waals surface area (Å²) < 4.78 is 0. The van der Waals surface area contributed by atoms with Crippen molar-refractivity contribution in [3.8, 4) is 0 Å². The Labute approximate surface area is 82.4 Å². The zero-order valence-corrected chi connectivity index (χ0v) is 8.06. The zero-order chi connectivity index (χ0) is 10.6. The van der Waals surface area contributed by atoms with Crippen LogP contribution in [-0.2, 0) is 9.59 Å². The number of amides is 1. The van der Waals surface area contributed by atoms with Crippen LogP contribution in [0.1, 0.15) is 12.8 Å². The van der Waals surface area contributed by atoms with E-state index in [1.807, 2.05) is 0 Å². The lowest BCUT2D eigenvalue weighted by atomic mass is 10.1. The number of likely N-dealkylation sites (N-methyl/N-ethyl adjacent to an activating group) is 1. The molecule has 1 unspecified atom stereocenters. The second-order valence-electron chi connectivity index (χ2n) is 3.35. The Balaban J connectivity index is 2.33. The van der Waals surface area contributed by atoms with E-state index >= 15 is 0 Å². The number of hydrogen-bond donors (Lipinski definition) is 2. The van der Waals surface area contributed by atoms with E-state index in [1.165, 1.54) is 6.20 Å². The van der Waals surface area contributed by atoms with Gasteiger partial charge in [-0.05, 0) is 6.42 Å². The number of nitrogens with one attached hydrogen (secondary N) is 1. The standard InChI is InChI=1S/C9H14N2O3/c1-11-6-7(2-3-8(11)12)10-5-4-9(13)14/h4-5,7,10H,2-3,6H2,1H3,(H,13,14)/b5-4+. The normalized spacial score (nSPS) is 22.8. The van der Waals surface area contributed by atoms with Crippen molar-refractivity contribution in [2.24, 2.45) is 0 Å². The molecule has 5 nitrogen and oxygen atoms in total. The van der Waals surface area contributed by atoms with Gasteiger partial charge in [0.25, 0.3) is 0 Å². The number of carbonyl (C=O) groups is 2. The van der Waals surface area contributed by atoms with Crippen molar-refractivity contribution in [2.45, 2.75) is 18.9 Å². The molecular weight excluding hydrogens is 184 g/mol. The molecule has 0 bridgehead atoms. The Kier molecular flexibility index (Phi) is 3.50. The smallest absolute Gasteiger partial charge is 0.329 e. The molecule has 1 aliphatic rings. The van der Waals surface area contributed by atoms with Gasteiger partial charge in [0.1, 0.15) is 0 Å². The van der Waals surface area contributed by atoms with Gasteiger partial charge in [-0.2, -0.15) is 0 Å². The molecule has 0 aromatic carbocycles. The quantitative estimate of drug-likeness (QED) is 0.616. The summed E-state index contributed by atoms with van der Waals surface area (Å²) in [6.45, 7) is 0.628. The van der Waals surface area contributed by atoms with Crippen LogP contribution in [0.5, 0.6) is 0 Å². The highest BCUT2D eigenvalue weighted by Gasteiger charge is 2.21. The first kappa shape index (κ1) is 10.6. The Bertz CT molecular complexity index is 263. The number of rotatable bonds is 3. The topological polar surface area (TPSA) is 69.6 Å². The molecular formula is C9H14N2O3. The van der Waals surface area contributed by atoms with Gasteiger partial charge in [0.05, 0.1) is 0 Å². The summed E-state index contributed by atoms with van der Waals surface area (Å²) >= 11 is 0. The van der Waals surface area contributed by atoms with Gasteiger partial charge < -0.3 is 15.3 Å². The summed E-state index contributed by atoms with van der Waals surface area (Å²) in [5, 5.41) is 11.3. The molecule has 0 radical (unpaired) electrons. The third kappa shape index (κ3) is 3.08. The molecule has 2 N–H and O–H groups in total. The predicted molar refractivity (Wildman–Crippen MR) is 50.6 cm³/mol. The average Bonchev–Trinajstić information content (AvgIpc) is 2.10. The molecule has 1 saturated heterocycles. The van der Waals surface area contributed by atoms with Crippen molar-refractivity contribution in [3.05, 3.63) is 12.3 Å². The fourth-order valence-corrected chi connectivity index (χ4v) is 1.40. The average molecular weight is 198 g/mol. The molecule has 1 heterocycles. The van der Waals surface area contributed by atoms with Crippen molar-refractivity contribution >= 4 is 11.9 Å². The van der Waals surface area contributed by atoms with Gasteiger partial charge in [-0.3, -0.25) is 4.79 Å². The molecule has 0 spiro atoms. The van der Waals surface area contributed by atoms with E-state index in [-0.39, 0.29) is 11.9 Å². The molecule has 1 atom stereocenters. The minimum atomic E-state index is -0.974. The van der Waals surface area contributed by atoms with Crippen LogP contribution in [-0.4, -0.2) is 41.5 Å². The van der Waals surface area contributed by atoms with E-state index in [2.05, 4.69) is 5.32 Å². The van der Waals surface area contributed by atoms with Crippen molar-refractivity contribution in [3.63, 3.8) is 0 Å². The van der Waals surface area contributed by atoms with Crippen molar-refractivity contribution in [2.75, 3.05) is 13.6 Å². The summed E-state index contributed by atoms with van der Waals surface area (Å²) in [6, 6.07) is 0.160. The van der Waals surface area contributed by atoms with E-state index in [1.54, 1.807) is 11.9 Å². The van der Waals surface area contributed by atoms with Gasteiger partial charge >= 0.3 is 5.97 Å². The fourth-order valence-electron chi connectivity index (χ4n) is 1.40. The minimum Gasteiger partial charge on any atom is -0.478 e. The highest BCUT2D eigenvalue weighted by Crippen LogP contribution is 2.09.